The summed E-state index contributed by atoms with van der Waals surface area (Å²) >= 11 is 0. The molecule has 30 heavy (non-hydrogen) atoms. The van der Waals surface area contributed by atoms with Crippen molar-refractivity contribution in [3.63, 3.8) is 0 Å². The summed E-state index contributed by atoms with van der Waals surface area (Å²) in [4.78, 5) is 35.2. The molecule has 3 aromatic rings. The number of hydrogen-bond acceptors (Lipinski definition) is 5. The normalized spacial score (nSPS) is 18.4. The van der Waals surface area contributed by atoms with Crippen molar-refractivity contribution in [3.05, 3.63) is 41.3 Å². The van der Waals surface area contributed by atoms with E-state index in [1.807, 2.05) is 36.9 Å². The van der Waals surface area contributed by atoms with Gasteiger partial charge in [-0.3, -0.25) is 14.3 Å². The highest BCUT2D eigenvalue weighted by atomic mass is 16.2. The first-order valence-corrected chi connectivity index (χ1v) is 10.5. The average Bonchev–Trinajstić information content (AvgIpc) is 3.32. The number of ketones is 1. The number of fused-ring (bicyclic) bond motifs is 2. The Morgan fingerprint density at radius 2 is 2.00 bits per heavy atom. The summed E-state index contributed by atoms with van der Waals surface area (Å²) in [6, 6.07) is 5.64. The molecule has 3 heterocycles. The topological polar surface area (TPSA) is 110 Å². The molecule has 0 bridgehead atoms. The largest absolute Gasteiger partial charge is 0.382 e. The molecule has 2 aromatic heterocycles. The number of carbonyl (C=O) groups excluding carboxylic acids is 2. The van der Waals surface area contributed by atoms with E-state index in [0.29, 0.717) is 36.6 Å². The van der Waals surface area contributed by atoms with Crippen molar-refractivity contribution in [1.82, 2.24) is 24.6 Å². The van der Waals surface area contributed by atoms with Gasteiger partial charge in [-0.05, 0) is 56.7 Å². The third-order valence-corrected chi connectivity index (χ3v) is 6.66. The van der Waals surface area contributed by atoms with Gasteiger partial charge in [0, 0.05) is 36.7 Å². The number of benzene rings is 1. The first-order valence-electron chi connectivity index (χ1n) is 10.5. The van der Waals surface area contributed by atoms with Crippen LogP contribution in [0.3, 0.4) is 0 Å². The predicted octanol–water partition coefficient (Wildman–Crippen LogP) is 2.97. The standard InChI is InChI=1S/C22H26N6O2/c1-13(2)28-19-15(20(23)26-28)10-22(11-18(19)29)5-7-27(8-6-22)21(30)14-3-4-16-17(9-14)25-12-24-16/h3-4,9,12-13H,5-8,10-11H2,1-2H3,(H2,23,26)(H,24,25). The van der Waals surface area contributed by atoms with E-state index in [1.54, 1.807) is 11.0 Å². The molecule has 1 spiro atoms. The number of nitrogens with zero attached hydrogens (tertiary/aromatic N) is 4. The van der Waals surface area contributed by atoms with Crippen LogP contribution < -0.4 is 5.73 Å². The van der Waals surface area contributed by atoms with Crippen molar-refractivity contribution in [1.29, 1.82) is 0 Å². The lowest BCUT2D eigenvalue weighted by Gasteiger charge is -2.43. The second-order valence-electron chi connectivity index (χ2n) is 8.95. The fraction of sp³-hybridized carbons (Fsp3) is 0.455. The van der Waals surface area contributed by atoms with E-state index in [4.69, 9.17) is 5.73 Å². The fourth-order valence-corrected chi connectivity index (χ4v) is 4.98. The Labute approximate surface area is 174 Å². The Kier molecular flexibility index (Phi) is 4.20. The van der Waals surface area contributed by atoms with Gasteiger partial charge in [-0.2, -0.15) is 5.10 Å². The number of imidazole rings is 1. The van der Waals surface area contributed by atoms with Gasteiger partial charge in [0.15, 0.2) is 5.78 Å². The number of amides is 1. The van der Waals surface area contributed by atoms with Crippen molar-refractivity contribution < 1.29 is 9.59 Å². The second kappa shape index (κ2) is 6.68. The first-order chi connectivity index (χ1) is 14.4. The van der Waals surface area contributed by atoms with Gasteiger partial charge < -0.3 is 15.6 Å². The molecule has 2 aliphatic rings. The summed E-state index contributed by atoms with van der Waals surface area (Å²) in [5, 5.41) is 4.42. The summed E-state index contributed by atoms with van der Waals surface area (Å²) in [6.07, 6.45) is 4.48. The number of carbonyl (C=O) groups is 2. The molecule has 1 saturated heterocycles. The number of hydrogen-bond donors (Lipinski definition) is 2. The maximum atomic E-state index is 13.0. The highest BCUT2D eigenvalue weighted by Crippen LogP contribution is 2.45. The lowest BCUT2D eigenvalue weighted by molar-refractivity contribution is 0.0517. The smallest absolute Gasteiger partial charge is 0.253 e. The van der Waals surface area contributed by atoms with Crippen LogP contribution in [0.1, 0.15) is 65.6 Å². The van der Waals surface area contributed by atoms with E-state index in [2.05, 4.69) is 15.1 Å². The molecular weight excluding hydrogens is 380 g/mol. The molecule has 0 unspecified atom stereocenters. The van der Waals surface area contributed by atoms with Gasteiger partial charge in [0.2, 0.25) is 0 Å². The number of aromatic amines is 1. The van der Waals surface area contributed by atoms with E-state index >= 15 is 0 Å². The lowest BCUT2D eigenvalue weighted by atomic mass is 9.67. The van der Waals surface area contributed by atoms with E-state index in [0.717, 1.165) is 35.9 Å². The van der Waals surface area contributed by atoms with Crippen LogP contribution in [0.15, 0.2) is 24.5 Å². The molecule has 156 valence electrons. The molecule has 1 aliphatic heterocycles. The summed E-state index contributed by atoms with van der Waals surface area (Å²) in [5.74, 6) is 0.618. The Bertz CT molecular complexity index is 1150. The number of piperidine rings is 1. The van der Waals surface area contributed by atoms with Crippen molar-refractivity contribution in [2.45, 2.75) is 45.6 Å². The molecule has 3 N–H and O–H groups in total. The molecule has 0 atom stereocenters. The highest BCUT2D eigenvalue weighted by molar-refractivity contribution is 5.99. The number of nitrogens with one attached hydrogen (secondary N) is 1. The maximum absolute atomic E-state index is 13.0. The number of H-pyrrole nitrogens is 1. The zero-order chi connectivity index (χ0) is 21.0. The third kappa shape index (κ3) is 2.89. The SMILES string of the molecule is CC(C)n1nc(N)c2c1C(=O)CC1(CCN(C(=O)c3ccc4nc[nH]c4c3)CC1)C2. The molecule has 1 amide bonds. The van der Waals surface area contributed by atoms with Crippen molar-refractivity contribution >= 4 is 28.5 Å². The summed E-state index contributed by atoms with van der Waals surface area (Å²) in [7, 11) is 0. The minimum Gasteiger partial charge on any atom is -0.382 e. The molecule has 1 aromatic carbocycles. The van der Waals surface area contributed by atoms with Gasteiger partial charge >= 0.3 is 0 Å². The Hall–Kier alpha value is -3.16. The first kappa shape index (κ1) is 18.8. The number of rotatable bonds is 2. The van der Waals surface area contributed by atoms with E-state index in [-0.39, 0.29) is 23.1 Å². The lowest BCUT2D eigenvalue weighted by Crippen LogP contribution is -2.46. The summed E-state index contributed by atoms with van der Waals surface area (Å²) in [6.45, 7) is 5.30. The Morgan fingerprint density at radius 1 is 1.23 bits per heavy atom. The van der Waals surface area contributed by atoms with E-state index < -0.39 is 0 Å². The summed E-state index contributed by atoms with van der Waals surface area (Å²) in [5.41, 5.74) is 9.99. The van der Waals surface area contributed by atoms with Crippen LogP contribution >= 0.6 is 0 Å². The van der Waals surface area contributed by atoms with Crippen molar-refractivity contribution in [2.24, 2.45) is 5.41 Å². The van der Waals surface area contributed by atoms with Gasteiger partial charge in [-0.15, -0.1) is 0 Å². The van der Waals surface area contributed by atoms with Gasteiger partial charge in [0.1, 0.15) is 11.5 Å². The molecule has 8 heteroatoms. The van der Waals surface area contributed by atoms with Crippen molar-refractivity contribution in [2.75, 3.05) is 18.8 Å². The number of Topliss-reactive ketones (excluding diaryl/α,β-unsaturated/α-hetero) is 1. The minimum atomic E-state index is -0.132. The fourth-order valence-electron chi connectivity index (χ4n) is 4.98. The number of aromatic nitrogens is 4. The van der Waals surface area contributed by atoms with Crippen LogP contribution in [-0.4, -0.2) is 49.4 Å². The van der Waals surface area contributed by atoms with Gasteiger partial charge in [0.05, 0.1) is 17.4 Å². The third-order valence-electron chi connectivity index (χ3n) is 6.66. The predicted molar refractivity (Wildman–Crippen MR) is 113 cm³/mol. The molecular formula is C22H26N6O2. The van der Waals surface area contributed by atoms with Gasteiger partial charge in [0.25, 0.3) is 5.91 Å². The number of nitrogen functional groups attached to an aromatic ring is 1. The zero-order valence-electron chi connectivity index (χ0n) is 17.3. The molecule has 5 rings (SSSR count). The maximum Gasteiger partial charge on any atom is 0.253 e. The van der Waals surface area contributed by atoms with Gasteiger partial charge in [-0.25, -0.2) is 4.98 Å². The molecule has 1 aliphatic carbocycles. The number of nitrogens with two attached hydrogens (primary N) is 1. The Balaban J connectivity index is 1.34. The van der Waals surface area contributed by atoms with Crippen LogP contribution in [0.25, 0.3) is 11.0 Å². The van der Waals surface area contributed by atoms with Crippen LogP contribution in [0.4, 0.5) is 5.82 Å². The molecule has 0 radical (unpaired) electrons. The van der Waals surface area contributed by atoms with Crippen LogP contribution in [0, 0.1) is 5.41 Å². The molecule has 8 nitrogen and oxygen atoms in total. The van der Waals surface area contributed by atoms with Crippen LogP contribution in [0.5, 0.6) is 0 Å². The Morgan fingerprint density at radius 3 is 2.73 bits per heavy atom. The zero-order valence-corrected chi connectivity index (χ0v) is 17.3. The average molecular weight is 406 g/mol. The van der Waals surface area contributed by atoms with E-state index in [9.17, 15) is 9.59 Å². The number of anilines is 1. The molecule has 1 fully saturated rings. The quantitative estimate of drug-likeness (QED) is 0.680. The van der Waals surface area contributed by atoms with Crippen LogP contribution in [0.2, 0.25) is 0 Å². The van der Waals surface area contributed by atoms with Crippen LogP contribution in [-0.2, 0) is 6.42 Å². The summed E-state index contributed by atoms with van der Waals surface area (Å²) < 4.78 is 1.77. The van der Waals surface area contributed by atoms with Gasteiger partial charge in [-0.1, -0.05) is 0 Å². The molecule has 0 saturated carbocycles. The number of likely N-dealkylation sites (tertiary alicyclic amines) is 1. The monoisotopic (exact) mass is 406 g/mol. The highest BCUT2D eigenvalue weighted by Gasteiger charge is 2.44. The minimum absolute atomic E-state index is 0.0244. The second-order valence-corrected chi connectivity index (χ2v) is 8.95. The van der Waals surface area contributed by atoms with E-state index in [1.165, 1.54) is 0 Å². The van der Waals surface area contributed by atoms with Crippen molar-refractivity contribution in [3.8, 4) is 0 Å².